The van der Waals surface area contributed by atoms with E-state index < -0.39 is 26.1 Å². The van der Waals surface area contributed by atoms with Crippen LogP contribution in [0.25, 0.3) is 0 Å². The lowest BCUT2D eigenvalue weighted by atomic mass is 10.2. The quantitative estimate of drug-likeness (QED) is 0.719. The summed E-state index contributed by atoms with van der Waals surface area (Å²) in [6.07, 6.45) is 1.05. The molecule has 1 aliphatic heterocycles. The largest absolute Gasteiger partial charge is 0.444 e. The minimum atomic E-state index is -1.88. The van der Waals surface area contributed by atoms with Crippen molar-refractivity contribution < 1.29 is 14.0 Å². The number of nitriles is 1. The van der Waals surface area contributed by atoms with Gasteiger partial charge in [0.2, 0.25) is 0 Å². The Labute approximate surface area is 142 Å². The molecule has 1 fully saturated rings. The lowest BCUT2D eigenvalue weighted by molar-refractivity contribution is 0.0137. The van der Waals surface area contributed by atoms with E-state index >= 15 is 0 Å². The van der Waals surface area contributed by atoms with E-state index in [1.54, 1.807) is 4.90 Å². The summed E-state index contributed by atoms with van der Waals surface area (Å²) in [7, 11) is -1.88. The van der Waals surface area contributed by atoms with Gasteiger partial charge in [0.1, 0.15) is 11.6 Å². The van der Waals surface area contributed by atoms with Crippen molar-refractivity contribution in [3.05, 3.63) is 0 Å². The third-order valence-electron chi connectivity index (χ3n) is 4.70. The summed E-state index contributed by atoms with van der Waals surface area (Å²) in [5, 5.41) is 9.45. The first-order valence-electron chi connectivity index (χ1n) is 8.33. The summed E-state index contributed by atoms with van der Waals surface area (Å²) in [6.45, 7) is 17.0. The van der Waals surface area contributed by atoms with Crippen molar-refractivity contribution in [1.82, 2.24) is 4.90 Å². The molecular formula is C17H32N2O3Si. The van der Waals surface area contributed by atoms with Gasteiger partial charge in [-0.3, -0.25) is 4.90 Å². The zero-order valence-electron chi connectivity index (χ0n) is 15.9. The van der Waals surface area contributed by atoms with E-state index in [0.717, 1.165) is 6.42 Å². The van der Waals surface area contributed by atoms with Crippen molar-refractivity contribution in [3.63, 3.8) is 0 Å². The fourth-order valence-electron chi connectivity index (χ4n) is 2.29. The van der Waals surface area contributed by atoms with Crippen LogP contribution in [0.5, 0.6) is 0 Å². The maximum atomic E-state index is 12.5. The Bertz CT molecular complexity index is 472. The minimum Gasteiger partial charge on any atom is -0.444 e. The molecule has 0 spiro atoms. The highest BCUT2D eigenvalue weighted by atomic mass is 28.4. The van der Waals surface area contributed by atoms with Gasteiger partial charge in [-0.05, 0) is 51.7 Å². The molecule has 1 aliphatic rings. The minimum absolute atomic E-state index is 0.0800. The summed E-state index contributed by atoms with van der Waals surface area (Å²) in [5.41, 5.74) is -0.565. The molecule has 0 saturated carbocycles. The number of amides is 1. The number of hydrogen-bond acceptors (Lipinski definition) is 4. The Balaban J connectivity index is 2.81. The van der Waals surface area contributed by atoms with Crippen molar-refractivity contribution in [2.45, 2.75) is 90.2 Å². The molecule has 0 aromatic rings. The Hall–Kier alpha value is -1.06. The summed E-state index contributed by atoms with van der Waals surface area (Å²) >= 11 is 0. The molecule has 1 unspecified atom stereocenters. The average molecular weight is 341 g/mol. The van der Waals surface area contributed by atoms with Gasteiger partial charge in [-0.1, -0.05) is 20.8 Å². The Morgan fingerprint density at radius 3 is 2.22 bits per heavy atom. The fraction of sp³-hybridized carbons (Fsp3) is 0.882. The van der Waals surface area contributed by atoms with Crippen LogP contribution in [0.1, 0.15) is 54.4 Å². The SMILES string of the molecule is CC(C)(C)OC(=O)N1C(C#N)CC[C@H]1CO[Si](C)(C)C(C)(C)C. The van der Waals surface area contributed by atoms with Gasteiger partial charge >= 0.3 is 6.09 Å². The highest BCUT2D eigenvalue weighted by molar-refractivity contribution is 6.74. The van der Waals surface area contributed by atoms with Crippen LogP contribution in [0.15, 0.2) is 0 Å². The van der Waals surface area contributed by atoms with E-state index in [-0.39, 0.29) is 11.1 Å². The van der Waals surface area contributed by atoms with Crippen LogP contribution in [-0.4, -0.2) is 43.6 Å². The molecule has 0 aromatic carbocycles. The van der Waals surface area contributed by atoms with Gasteiger partial charge in [0, 0.05) is 0 Å². The van der Waals surface area contributed by atoms with Crippen LogP contribution in [0.4, 0.5) is 4.79 Å². The number of likely N-dealkylation sites (tertiary alicyclic amines) is 1. The van der Waals surface area contributed by atoms with Gasteiger partial charge in [0.25, 0.3) is 0 Å². The fourth-order valence-corrected chi connectivity index (χ4v) is 3.33. The van der Waals surface area contributed by atoms with E-state index in [2.05, 4.69) is 39.9 Å². The number of hydrogen-bond donors (Lipinski definition) is 0. The van der Waals surface area contributed by atoms with E-state index in [1.165, 1.54) is 0 Å². The number of carbonyl (C=O) groups is 1. The molecule has 0 radical (unpaired) electrons. The summed E-state index contributed by atoms with van der Waals surface area (Å²) in [6, 6.07) is 1.72. The molecular weight excluding hydrogens is 308 g/mol. The molecule has 1 heterocycles. The second-order valence-electron chi connectivity index (χ2n) is 8.83. The van der Waals surface area contributed by atoms with Crippen LogP contribution >= 0.6 is 0 Å². The second kappa shape index (κ2) is 6.82. The van der Waals surface area contributed by atoms with Crippen molar-refractivity contribution in [2.75, 3.05) is 6.61 Å². The van der Waals surface area contributed by atoms with Crippen LogP contribution in [0, 0.1) is 11.3 Å². The zero-order valence-corrected chi connectivity index (χ0v) is 16.9. The molecule has 132 valence electrons. The normalized spacial score (nSPS) is 22.8. The summed E-state index contributed by atoms with van der Waals surface area (Å²) in [4.78, 5) is 14.1. The highest BCUT2D eigenvalue weighted by Crippen LogP contribution is 2.37. The van der Waals surface area contributed by atoms with Gasteiger partial charge in [0.15, 0.2) is 8.32 Å². The molecule has 1 rings (SSSR count). The first-order chi connectivity index (χ1) is 10.3. The molecule has 0 aliphatic carbocycles. The Kier molecular flexibility index (Phi) is 5.92. The molecule has 0 aromatic heterocycles. The molecule has 2 atom stereocenters. The monoisotopic (exact) mass is 340 g/mol. The van der Waals surface area contributed by atoms with Gasteiger partial charge in [-0.25, -0.2) is 4.79 Å². The summed E-state index contributed by atoms with van der Waals surface area (Å²) < 4.78 is 11.7. The predicted octanol–water partition coefficient (Wildman–Crippen LogP) is 4.30. The average Bonchev–Trinajstić information content (AvgIpc) is 2.75. The topological polar surface area (TPSA) is 62.6 Å². The van der Waals surface area contributed by atoms with Gasteiger partial charge in [-0.15, -0.1) is 0 Å². The van der Waals surface area contributed by atoms with Crippen molar-refractivity contribution in [1.29, 1.82) is 5.26 Å². The van der Waals surface area contributed by atoms with E-state index in [9.17, 15) is 10.1 Å². The van der Waals surface area contributed by atoms with Crippen molar-refractivity contribution in [3.8, 4) is 6.07 Å². The molecule has 23 heavy (non-hydrogen) atoms. The molecule has 1 amide bonds. The third kappa shape index (κ3) is 5.22. The van der Waals surface area contributed by atoms with Gasteiger partial charge in [0.05, 0.1) is 18.7 Å². The molecule has 5 nitrogen and oxygen atoms in total. The standard InChI is InChI=1S/C17H32N2O3Si/c1-16(2,3)22-15(20)19-13(11-18)9-10-14(19)12-21-23(7,8)17(4,5)6/h13-14H,9-10,12H2,1-8H3/t13?,14-/m0/s1. The third-order valence-corrected chi connectivity index (χ3v) is 9.20. The smallest absolute Gasteiger partial charge is 0.411 e. The predicted molar refractivity (Wildman–Crippen MR) is 93.6 cm³/mol. The highest BCUT2D eigenvalue weighted by Gasteiger charge is 2.42. The van der Waals surface area contributed by atoms with Crippen LogP contribution < -0.4 is 0 Å². The first kappa shape index (κ1) is 20.0. The van der Waals surface area contributed by atoms with E-state index in [0.29, 0.717) is 13.0 Å². The van der Waals surface area contributed by atoms with Crippen LogP contribution in [0.3, 0.4) is 0 Å². The number of carbonyl (C=O) groups excluding carboxylic acids is 1. The molecule has 6 heteroatoms. The maximum absolute atomic E-state index is 12.5. The number of nitrogens with zero attached hydrogens (tertiary/aromatic N) is 2. The Morgan fingerprint density at radius 2 is 1.78 bits per heavy atom. The van der Waals surface area contributed by atoms with E-state index in [1.807, 2.05) is 20.8 Å². The van der Waals surface area contributed by atoms with Crippen molar-refractivity contribution in [2.24, 2.45) is 0 Å². The Morgan fingerprint density at radius 1 is 1.22 bits per heavy atom. The van der Waals surface area contributed by atoms with Crippen LogP contribution in [0.2, 0.25) is 18.1 Å². The number of rotatable bonds is 3. The zero-order chi connectivity index (χ0) is 18.1. The maximum Gasteiger partial charge on any atom is 0.411 e. The first-order valence-corrected chi connectivity index (χ1v) is 11.2. The molecule has 0 bridgehead atoms. The van der Waals surface area contributed by atoms with Crippen LogP contribution in [-0.2, 0) is 9.16 Å². The van der Waals surface area contributed by atoms with Gasteiger partial charge in [-0.2, -0.15) is 5.26 Å². The van der Waals surface area contributed by atoms with E-state index in [4.69, 9.17) is 9.16 Å². The lowest BCUT2D eigenvalue weighted by Crippen LogP contribution is -2.48. The van der Waals surface area contributed by atoms with Gasteiger partial charge < -0.3 is 9.16 Å². The second-order valence-corrected chi connectivity index (χ2v) is 13.6. The molecule has 1 saturated heterocycles. The summed E-state index contributed by atoms with van der Waals surface area (Å²) in [5.74, 6) is 0. The van der Waals surface area contributed by atoms with Crippen molar-refractivity contribution >= 4 is 14.4 Å². The molecule has 0 N–H and O–H groups in total. The number of ether oxygens (including phenoxy) is 1. The lowest BCUT2D eigenvalue weighted by Gasteiger charge is -2.38.